The molecule has 0 amide bonds. The Morgan fingerprint density at radius 1 is 0.875 bits per heavy atom. The van der Waals surface area contributed by atoms with E-state index in [9.17, 15) is 5.11 Å². The van der Waals surface area contributed by atoms with Gasteiger partial charge in [-0.15, -0.1) is 0 Å². The molecule has 0 saturated heterocycles. The molecule has 16 heavy (non-hydrogen) atoms. The molecule has 0 aromatic heterocycles. The highest BCUT2D eigenvalue weighted by atomic mass is 16.3. The van der Waals surface area contributed by atoms with E-state index >= 15 is 0 Å². The van der Waals surface area contributed by atoms with E-state index in [1.54, 1.807) is 12.1 Å². The SMILES string of the molecule is CC(C)(c1cc[c]cc1)c1ccc(O)cc1. The summed E-state index contributed by atoms with van der Waals surface area (Å²) in [7, 11) is 0. The summed E-state index contributed by atoms with van der Waals surface area (Å²) < 4.78 is 0. The van der Waals surface area contributed by atoms with Gasteiger partial charge in [0.2, 0.25) is 0 Å². The molecule has 0 spiro atoms. The lowest BCUT2D eigenvalue weighted by atomic mass is 9.78. The van der Waals surface area contributed by atoms with Crippen LogP contribution in [-0.4, -0.2) is 5.11 Å². The van der Waals surface area contributed by atoms with Crippen LogP contribution >= 0.6 is 0 Å². The lowest BCUT2D eigenvalue weighted by Gasteiger charge is -2.26. The molecule has 0 aliphatic rings. The second-order valence-corrected chi connectivity index (χ2v) is 4.46. The van der Waals surface area contributed by atoms with Crippen LogP contribution in [0.1, 0.15) is 25.0 Å². The van der Waals surface area contributed by atoms with Crippen molar-refractivity contribution in [3.63, 3.8) is 0 Å². The number of phenols is 1. The van der Waals surface area contributed by atoms with Crippen LogP contribution in [0.3, 0.4) is 0 Å². The molecule has 1 nitrogen and oxygen atoms in total. The molecule has 0 unspecified atom stereocenters. The van der Waals surface area contributed by atoms with E-state index < -0.39 is 0 Å². The van der Waals surface area contributed by atoms with E-state index in [2.05, 4.69) is 32.0 Å². The minimum absolute atomic E-state index is 0.0528. The highest BCUT2D eigenvalue weighted by Crippen LogP contribution is 2.31. The molecule has 2 rings (SSSR count). The van der Waals surface area contributed by atoms with Crippen LogP contribution < -0.4 is 0 Å². The molecular weight excluding hydrogens is 196 g/mol. The summed E-state index contributed by atoms with van der Waals surface area (Å²) in [5.41, 5.74) is 2.39. The van der Waals surface area contributed by atoms with Crippen LogP contribution in [0.5, 0.6) is 5.75 Å². The van der Waals surface area contributed by atoms with Crippen molar-refractivity contribution < 1.29 is 5.11 Å². The van der Waals surface area contributed by atoms with Crippen LogP contribution in [0.4, 0.5) is 0 Å². The van der Waals surface area contributed by atoms with E-state index in [-0.39, 0.29) is 5.41 Å². The van der Waals surface area contributed by atoms with Crippen molar-refractivity contribution in [1.29, 1.82) is 0 Å². The van der Waals surface area contributed by atoms with E-state index in [0.29, 0.717) is 5.75 Å². The van der Waals surface area contributed by atoms with Crippen LogP contribution in [0, 0.1) is 6.07 Å². The summed E-state index contributed by atoms with van der Waals surface area (Å²) in [5.74, 6) is 0.306. The average molecular weight is 211 g/mol. The smallest absolute Gasteiger partial charge is 0.115 e. The summed E-state index contributed by atoms with van der Waals surface area (Å²) in [4.78, 5) is 0. The molecule has 0 aliphatic heterocycles. The second-order valence-electron chi connectivity index (χ2n) is 4.46. The van der Waals surface area contributed by atoms with Gasteiger partial charge in [-0.25, -0.2) is 0 Å². The molecule has 0 saturated carbocycles. The van der Waals surface area contributed by atoms with E-state index in [1.165, 1.54) is 11.1 Å². The highest BCUT2D eigenvalue weighted by Gasteiger charge is 2.22. The Kier molecular flexibility index (Phi) is 2.69. The van der Waals surface area contributed by atoms with Crippen LogP contribution in [0.25, 0.3) is 0 Å². The van der Waals surface area contributed by atoms with Gasteiger partial charge >= 0.3 is 0 Å². The average Bonchev–Trinajstić information content (AvgIpc) is 2.31. The third kappa shape index (κ3) is 1.94. The minimum Gasteiger partial charge on any atom is -0.508 e. The summed E-state index contributed by atoms with van der Waals surface area (Å²) in [6.07, 6.45) is 0. The van der Waals surface area contributed by atoms with Crippen molar-refractivity contribution >= 4 is 0 Å². The third-order valence-electron chi connectivity index (χ3n) is 3.03. The Morgan fingerprint density at radius 2 is 1.38 bits per heavy atom. The molecule has 0 atom stereocenters. The predicted molar refractivity (Wildman–Crippen MR) is 65.5 cm³/mol. The Morgan fingerprint density at radius 3 is 1.94 bits per heavy atom. The molecule has 81 valence electrons. The van der Waals surface area contributed by atoms with Gasteiger partial charge in [-0.1, -0.05) is 50.2 Å². The third-order valence-corrected chi connectivity index (χ3v) is 3.03. The first kappa shape index (κ1) is 10.7. The van der Waals surface area contributed by atoms with Crippen molar-refractivity contribution in [3.05, 3.63) is 65.7 Å². The molecule has 2 aromatic carbocycles. The number of hydrogen-bond donors (Lipinski definition) is 1. The van der Waals surface area contributed by atoms with Gasteiger partial charge in [0.25, 0.3) is 0 Å². The molecule has 0 fully saturated rings. The number of benzene rings is 2. The van der Waals surface area contributed by atoms with Crippen molar-refractivity contribution in [3.8, 4) is 5.75 Å². The van der Waals surface area contributed by atoms with Gasteiger partial charge in [0.15, 0.2) is 0 Å². The van der Waals surface area contributed by atoms with Gasteiger partial charge in [-0.05, 0) is 29.3 Å². The Balaban J connectivity index is 2.43. The zero-order valence-corrected chi connectivity index (χ0v) is 9.57. The van der Waals surface area contributed by atoms with Crippen LogP contribution in [0.2, 0.25) is 0 Å². The Bertz CT molecular complexity index is 455. The van der Waals surface area contributed by atoms with Gasteiger partial charge in [-0.3, -0.25) is 0 Å². The molecule has 2 aromatic rings. The number of hydrogen-bond acceptors (Lipinski definition) is 1. The Hall–Kier alpha value is -1.76. The first-order valence-corrected chi connectivity index (χ1v) is 5.37. The molecule has 1 radical (unpaired) electrons. The number of aromatic hydroxyl groups is 1. The molecule has 0 aliphatic carbocycles. The fourth-order valence-electron chi connectivity index (χ4n) is 1.85. The highest BCUT2D eigenvalue weighted by molar-refractivity contribution is 5.39. The maximum atomic E-state index is 9.29. The van der Waals surface area contributed by atoms with Gasteiger partial charge in [0.1, 0.15) is 5.75 Å². The zero-order valence-electron chi connectivity index (χ0n) is 9.57. The van der Waals surface area contributed by atoms with Crippen molar-refractivity contribution in [1.82, 2.24) is 0 Å². The van der Waals surface area contributed by atoms with Gasteiger partial charge in [0.05, 0.1) is 0 Å². The topological polar surface area (TPSA) is 20.2 Å². The standard InChI is InChI=1S/C15H15O/c1-15(2,12-6-4-3-5-7-12)13-8-10-14(16)11-9-13/h4-11,16H,1-2H3. The van der Waals surface area contributed by atoms with E-state index in [0.717, 1.165) is 0 Å². The van der Waals surface area contributed by atoms with Gasteiger partial charge in [-0.2, -0.15) is 0 Å². The predicted octanol–water partition coefficient (Wildman–Crippen LogP) is 3.52. The summed E-state index contributed by atoms with van der Waals surface area (Å²) in [5, 5.41) is 9.29. The number of phenolic OH excluding ortho intramolecular Hbond substituents is 1. The van der Waals surface area contributed by atoms with Crippen LogP contribution in [0.15, 0.2) is 48.5 Å². The van der Waals surface area contributed by atoms with Crippen molar-refractivity contribution in [2.75, 3.05) is 0 Å². The monoisotopic (exact) mass is 211 g/mol. The van der Waals surface area contributed by atoms with Gasteiger partial charge < -0.3 is 5.11 Å². The first-order valence-electron chi connectivity index (χ1n) is 5.37. The lowest BCUT2D eigenvalue weighted by Crippen LogP contribution is -2.18. The molecule has 0 bridgehead atoms. The van der Waals surface area contributed by atoms with E-state index in [1.807, 2.05) is 24.3 Å². The quantitative estimate of drug-likeness (QED) is 0.805. The maximum Gasteiger partial charge on any atom is 0.115 e. The lowest BCUT2D eigenvalue weighted by molar-refractivity contribution is 0.474. The normalized spacial score (nSPS) is 11.4. The molecular formula is C15H15O. The first-order chi connectivity index (χ1) is 7.60. The maximum absolute atomic E-state index is 9.29. The van der Waals surface area contributed by atoms with Gasteiger partial charge in [0, 0.05) is 5.41 Å². The van der Waals surface area contributed by atoms with Crippen molar-refractivity contribution in [2.45, 2.75) is 19.3 Å². The van der Waals surface area contributed by atoms with Crippen molar-refractivity contribution in [2.24, 2.45) is 0 Å². The second kappa shape index (κ2) is 4.01. The molecule has 1 N–H and O–H groups in total. The summed E-state index contributed by atoms with van der Waals surface area (Å²) in [6, 6.07) is 18.4. The molecule has 0 heterocycles. The zero-order chi connectivity index (χ0) is 11.6. The van der Waals surface area contributed by atoms with Crippen LogP contribution in [-0.2, 0) is 5.41 Å². The fourth-order valence-corrected chi connectivity index (χ4v) is 1.85. The molecule has 1 heteroatoms. The van der Waals surface area contributed by atoms with E-state index in [4.69, 9.17) is 0 Å². The summed E-state index contributed by atoms with van der Waals surface area (Å²) >= 11 is 0. The summed E-state index contributed by atoms with van der Waals surface area (Å²) in [6.45, 7) is 4.35. The Labute approximate surface area is 96.4 Å². The largest absolute Gasteiger partial charge is 0.508 e. The number of rotatable bonds is 2. The fraction of sp³-hybridized carbons (Fsp3) is 0.200. The minimum atomic E-state index is -0.0528.